The molecule has 190 valence electrons. The number of amides is 1. The number of unbranched alkanes of at least 4 members (excludes halogenated alkanes) is 16. The molecule has 0 heterocycles. The Morgan fingerprint density at radius 1 is 0.594 bits per heavy atom. The fourth-order valence-electron chi connectivity index (χ4n) is 3.90. The molecule has 0 rings (SSSR count). The first-order valence-corrected chi connectivity index (χ1v) is 13.8. The molecule has 32 heavy (non-hydrogen) atoms. The molecule has 0 saturated carbocycles. The van der Waals surface area contributed by atoms with E-state index in [2.05, 4.69) is 19.2 Å². The summed E-state index contributed by atoms with van der Waals surface area (Å²) in [7, 11) is 0. The van der Waals surface area contributed by atoms with Crippen molar-refractivity contribution in [2.24, 2.45) is 0 Å². The number of hydrogen-bond donors (Lipinski definition) is 1. The standard InChI is InChI=1S/C27H53NO4/c1-4-7-9-10-11-12-13-14-15-16-17-18-19-20-21-22-24-32-26(29)25(23-8-5-2)28-27(30)31-6-3/h25H,4-24H2,1-3H3,(H,28,30). The summed E-state index contributed by atoms with van der Waals surface area (Å²) in [6.07, 6.45) is 23.0. The monoisotopic (exact) mass is 455 g/mol. The number of carbonyl (C=O) groups excluding carboxylic acids is 2. The summed E-state index contributed by atoms with van der Waals surface area (Å²) in [6.45, 7) is 6.81. The lowest BCUT2D eigenvalue weighted by Crippen LogP contribution is -2.42. The topological polar surface area (TPSA) is 64.6 Å². The maximum atomic E-state index is 12.3. The van der Waals surface area contributed by atoms with Crippen LogP contribution in [-0.2, 0) is 14.3 Å². The summed E-state index contributed by atoms with van der Waals surface area (Å²) in [5.74, 6) is -0.340. The van der Waals surface area contributed by atoms with Crippen molar-refractivity contribution in [2.45, 2.75) is 149 Å². The Bertz CT molecular complexity index is 428. The van der Waals surface area contributed by atoms with Crippen molar-refractivity contribution in [1.29, 1.82) is 0 Å². The van der Waals surface area contributed by atoms with E-state index >= 15 is 0 Å². The molecule has 0 bridgehead atoms. The average Bonchev–Trinajstić information content (AvgIpc) is 2.78. The lowest BCUT2D eigenvalue weighted by atomic mass is 10.0. The second-order valence-electron chi connectivity index (χ2n) is 9.03. The summed E-state index contributed by atoms with van der Waals surface area (Å²) in [4.78, 5) is 23.9. The minimum absolute atomic E-state index is 0.292. The molecular formula is C27H53NO4. The Labute approximate surface area is 198 Å². The van der Waals surface area contributed by atoms with Crippen molar-refractivity contribution in [2.75, 3.05) is 13.2 Å². The lowest BCUT2D eigenvalue weighted by Gasteiger charge is -2.17. The van der Waals surface area contributed by atoms with E-state index in [-0.39, 0.29) is 5.97 Å². The minimum Gasteiger partial charge on any atom is -0.464 e. The molecule has 0 aromatic heterocycles. The zero-order chi connectivity index (χ0) is 23.7. The van der Waals surface area contributed by atoms with Crippen LogP contribution in [0.3, 0.4) is 0 Å². The molecule has 5 heteroatoms. The summed E-state index contributed by atoms with van der Waals surface area (Å²) >= 11 is 0. The van der Waals surface area contributed by atoms with Gasteiger partial charge in [0.2, 0.25) is 0 Å². The highest BCUT2D eigenvalue weighted by Gasteiger charge is 2.22. The molecule has 5 nitrogen and oxygen atoms in total. The van der Waals surface area contributed by atoms with Crippen molar-refractivity contribution < 1.29 is 19.1 Å². The van der Waals surface area contributed by atoms with Gasteiger partial charge in [-0.25, -0.2) is 9.59 Å². The van der Waals surface area contributed by atoms with Crippen molar-refractivity contribution >= 4 is 12.1 Å². The van der Waals surface area contributed by atoms with Gasteiger partial charge in [-0.2, -0.15) is 0 Å². The molecule has 1 unspecified atom stereocenters. The second kappa shape index (κ2) is 24.4. The zero-order valence-electron chi connectivity index (χ0n) is 21.6. The highest BCUT2D eigenvalue weighted by molar-refractivity contribution is 5.81. The van der Waals surface area contributed by atoms with Gasteiger partial charge in [0, 0.05) is 0 Å². The third-order valence-electron chi connectivity index (χ3n) is 5.94. The van der Waals surface area contributed by atoms with Gasteiger partial charge in [-0.05, 0) is 19.8 Å². The number of nitrogens with one attached hydrogen (secondary N) is 1. The Balaban J connectivity index is 3.53. The van der Waals surface area contributed by atoms with Gasteiger partial charge in [-0.15, -0.1) is 0 Å². The summed E-state index contributed by atoms with van der Waals surface area (Å²) in [5, 5.41) is 2.62. The first-order valence-electron chi connectivity index (χ1n) is 13.8. The third-order valence-corrected chi connectivity index (χ3v) is 5.94. The van der Waals surface area contributed by atoms with Crippen LogP contribution >= 0.6 is 0 Å². The summed E-state index contributed by atoms with van der Waals surface area (Å²) in [6, 6.07) is -0.602. The minimum atomic E-state index is -0.602. The highest BCUT2D eigenvalue weighted by atomic mass is 16.6. The van der Waals surface area contributed by atoms with Crippen LogP contribution in [0.1, 0.15) is 143 Å². The summed E-state index contributed by atoms with van der Waals surface area (Å²) in [5.41, 5.74) is 0. The number of esters is 1. The van der Waals surface area contributed by atoms with E-state index in [1.807, 2.05) is 0 Å². The van der Waals surface area contributed by atoms with Crippen LogP contribution in [0.2, 0.25) is 0 Å². The van der Waals surface area contributed by atoms with Gasteiger partial charge < -0.3 is 14.8 Å². The molecule has 0 aromatic rings. The largest absolute Gasteiger partial charge is 0.464 e. The van der Waals surface area contributed by atoms with Gasteiger partial charge in [0.15, 0.2) is 0 Å². The first kappa shape index (κ1) is 30.7. The molecule has 0 aliphatic heterocycles. The molecule has 0 saturated heterocycles. The van der Waals surface area contributed by atoms with Crippen LogP contribution in [0.25, 0.3) is 0 Å². The predicted molar refractivity (Wildman–Crippen MR) is 134 cm³/mol. The normalized spacial score (nSPS) is 11.8. The van der Waals surface area contributed by atoms with Crippen molar-refractivity contribution in [1.82, 2.24) is 5.32 Å². The fraction of sp³-hybridized carbons (Fsp3) is 0.926. The van der Waals surface area contributed by atoms with Crippen molar-refractivity contribution in [3.8, 4) is 0 Å². The van der Waals surface area contributed by atoms with Gasteiger partial charge >= 0.3 is 12.1 Å². The van der Waals surface area contributed by atoms with E-state index in [0.29, 0.717) is 19.6 Å². The maximum Gasteiger partial charge on any atom is 0.407 e. The Hall–Kier alpha value is -1.26. The molecule has 0 aliphatic carbocycles. The van der Waals surface area contributed by atoms with Crippen LogP contribution in [0.5, 0.6) is 0 Å². The van der Waals surface area contributed by atoms with Crippen LogP contribution in [0.4, 0.5) is 4.79 Å². The number of rotatable bonds is 23. The number of hydrogen-bond acceptors (Lipinski definition) is 4. The van der Waals surface area contributed by atoms with Crippen LogP contribution in [-0.4, -0.2) is 31.3 Å². The highest BCUT2D eigenvalue weighted by Crippen LogP contribution is 2.14. The molecule has 0 aromatic carbocycles. The van der Waals surface area contributed by atoms with Crippen molar-refractivity contribution in [3.05, 3.63) is 0 Å². The van der Waals surface area contributed by atoms with Gasteiger partial charge in [0.1, 0.15) is 6.04 Å². The van der Waals surface area contributed by atoms with Crippen LogP contribution in [0.15, 0.2) is 0 Å². The number of alkyl carbamates (subject to hydrolysis) is 1. The van der Waals surface area contributed by atoms with Gasteiger partial charge in [-0.1, -0.05) is 123 Å². The molecule has 0 spiro atoms. The van der Waals surface area contributed by atoms with E-state index in [4.69, 9.17) is 9.47 Å². The van der Waals surface area contributed by atoms with E-state index in [9.17, 15) is 9.59 Å². The molecule has 1 atom stereocenters. The number of carbonyl (C=O) groups is 2. The Kier molecular flexibility index (Phi) is 23.4. The molecule has 1 amide bonds. The van der Waals surface area contributed by atoms with Crippen LogP contribution in [0, 0.1) is 0 Å². The molecule has 1 N–H and O–H groups in total. The van der Waals surface area contributed by atoms with Gasteiger partial charge in [0.05, 0.1) is 13.2 Å². The first-order chi connectivity index (χ1) is 15.7. The fourth-order valence-corrected chi connectivity index (χ4v) is 3.90. The molecule has 0 fully saturated rings. The van der Waals surface area contributed by atoms with Gasteiger partial charge in [0.25, 0.3) is 0 Å². The maximum absolute atomic E-state index is 12.3. The molecule has 0 aliphatic rings. The molecule has 0 radical (unpaired) electrons. The third kappa shape index (κ3) is 20.6. The quantitative estimate of drug-likeness (QED) is 0.125. The predicted octanol–water partition coefficient (Wildman–Crippen LogP) is 8.10. The van der Waals surface area contributed by atoms with E-state index in [0.717, 1.165) is 25.7 Å². The Morgan fingerprint density at radius 3 is 1.47 bits per heavy atom. The van der Waals surface area contributed by atoms with Crippen molar-refractivity contribution in [3.63, 3.8) is 0 Å². The lowest BCUT2D eigenvalue weighted by molar-refractivity contribution is -0.146. The van der Waals surface area contributed by atoms with Crippen LogP contribution < -0.4 is 5.32 Å². The average molecular weight is 456 g/mol. The van der Waals surface area contributed by atoms with E-state index < -0.39 is 12.1 Å². The van der Waals surface area contributed by atoms with Gasteiger partial charge in [-0.3, -0.25) is 0 Å². The summed E-state index contributed by atoms with van der Waals surface area (Å²) < 4.78 is 10.3. The zero-order valence-corrected chi connectivity index (χ0v) is 21.6. The smallest absolute Gasteiger partial charge is 0.407 e. The molecular weight excluding hydrogens is 402 g/mol. The number of ether oxygens (including phenoxy) is 2. The SMILES string of the molecule is CCCCCCCCCCCCCCCCCCOC(=O)C(CCCC)NC(=O)OCC. The Morgan fingerprint density at radius 2 is 1.03 bits per heavy atom. The van der Waals surface area contributed by atoms with E-state index in [1.54, 1.807) is 6.92 Å². The second-order valence-corrected chi connectivity index (χ2v) is 9.03. The van der Waals surface area contributed by atoms with E-state index in [1.165, 1.54) is 89.9 Å².